The van der Waals surface area contributed by atoms with E-state index >= 15 is 0 Å². The number of nitrogens with two attached hydrogens (primary N) is 1. The van der Waals surface area contributed by atoms with Gasteiger partial charge in [0.25, 0.3) is 0 Å². The SMILES string of the molecule is COC1=C(OC)C(OC)CC(CN)=C1. The highest BCUT2D eigenvalue weighted by Gasteiger charge is 2.24. The molecule has 1 unspecified atom stereocenters. The zero-order valence-corrected chi connectivity index (χ0v) is 8.87. The second-order valence-electron chi connectivity index (χ2n) is 3.07. The lowest BCUT2D eigenvalue weighted by molar-refractivity contribution is 0.0650. The summed E-state index contributed by atoms with van der Waals surface area (Å²) in [4.78, 5) is 0. The Morgan fingerprint density at radius 3 is 2.50 bits per heavy atom. The van der Waals surface area contributed by atoms with E-state index in [1.54, 1.807) is 21.3 Å². The third-order valence-corrected chi connectivity index (χ3v) is 2.30. The first kappa shape index (κ1) is 11.1. The van der Waals surface area contributed by atoms with Crippen LogP contribution >= 0.6 is 0 Å². The molecular formula is C10H17NO3. The number of hydrogen-bond acceptors (Lipinski definition) is 4. The van der Waals surface area contributed by atoms with Gasteiger partial charge in [-0.3, -0.25) is 0 Å². The van der Waals surface area contributed by atoms with Crippen LogP contribution in [0.25, 0.3) is 0 Å². The van der Waals surface area contributed by atoms with Crippen LogP contribution in [0.15, 0.2) is 23.2 Å². The summed E-state index contributed by atoms with van der Waals surface area (Å²) >= 11 is 0. The maximum absolute atomic E-state index is 5.58. The minimum Gasteiger partial charge on any atom is -0.494 e. The third kappa shape index (κ3) is 2.08. The van der Waals surface area contributed by atoms with E-state index in [-0.39, 0.29) is 6.10 Å². The van der Waals surface area contributed by atoms with E-state index in [0.29, 0.717) is 12.3 Å². The van der Waals surface area contributed by atoms with Gasteiger partial charge in [-0.1, -0.05) is 0 Å². The van der Waals surface area contributed by atoms with E-state index in [1.165, 1.54) is 0 Å². The maximum atomic E-state index is 5.58. The lowest BCUT2D eigenvalue weighted by Crippen LogP contribution is -2.24. The lowest BCUT2D eigenvalue weighted by atomic mass is 10.00. The lowest BCUT2D eigenvalue weighted by Gasteiger charge is -2.25. The van der Waals surface area contributed by atoms with Crippen LogP contribution in [0.4, 0.5) is 0 Å². The number of ether oxygens (including phenoxy) is 3. The summed E-state index contributed by atoms with van der Waals surface area (Å²) in [6.45, 7) is 0.518. The highest BCUT2D eigenvalue weighted by Crippen LogP contribution is 2.26. The third-order valence-electron chi connectivity index (χ3n) is 2.30. The summed E-state index contributed by atoms with van der Waals surface area (Å²) in [5.74, 6) is 1.43. The zero-order valence-electron chi connectivity index (χ0n) is 8.87. The van der Waals surface area contributed by atoms with E-state index in [0.717, 1.165) is 17.8 Å². The minimum atomic E-state index is -0.0847. The highest BCUT2D eigenvalue weighted by atomic mass is 16.5. The number of rotatable bonds is 4. The van der Waals surface area contributed by atoms with Crippen molar-refractivity contribution in [2.24, 2.45) is 5.73 Å². The normalized spacial score (nSPS) is 22.0. The fourth-order valence-electron chi connectivity index (χ4n) is 1.53. The molecular weight excluding hydrogens is 182 g/mol. The first-order valence-corrected chi connectivity index (χ1v) is 4.51. The Labute approximate surface area is 84.3 Å². The molecule has 0 aromatic rings. The molecule has 2 N–H and O–H groups in total. The topological polar surface area (TPSA) is 53.7 Å². The Hall–Kier alpha value is -1.00. The Balaban J connectivity index is 2.97. The molecule has 4 heteroatoms. The average Bonchev–Trinajstić information content (AvgIpc) is 2.26. The molecule has 1 aliphatic carbocycles. The van der Waals surface area contributed by atoms with Crippen molar-refractivity contribution in [3.8, 4) is 0 Å². The van der Waals surface area contributed by atoms with Gasteiger partial charge >= 0.3 is 0 Å². The van der Waals surface area contributed by atoms with Gasteiger partial charge in [0.05, 0.1) is 14.2 Å². The quantitative estimate of drug-likeness (QED) is 0.727. The molecule has 0 aromatic heterocycles. The summed E-state index contributed by atoms with van der Waals surface area (Å²) in [7, 11) is 4.87. The van der Waals surface area contributed by atoms with Crippen molar-refractivity contribution in [2.45, 2.75) is 12.5 Å². The Morgan fingerprint density at radius 1 is 1.36 bits per heavy atom. The monoisotopic (exact) mass is 199 g/mol. The molecule has 0 aromatic carbocycles. The van der Waals surface area contributed by atoms with E-state index in [1.807, 2.05) is 6.08 Å². The molecule has 0 saturated heterocycles. The van der Waals surface area contributed by atoms with Crippen molar-refractivity contribution in [1.82, 2.24) is 0 Å². The molecule has 1 atom stereocenters. The molecule has 0 amide bonds. The molecule has 0 fully saturated rings. The van der Waals surface area contributed by atoms with Gasteiger partial charge in [-0.15, -0.1) is 0 Å². The smallest absolute Gasteiger partial charge is 0.166 e. The molecule has 0 bridgehead atoms. The van der Waals surface area contributed by atoms with Crippen LogP contribution in [0.1, 0.15) is 6.42 Å². The number of methoxy groups -OCH3 is 3. The Kier molecular flexibility index (Phi) is 3.98. The number of hydrogen-bond donors (Lipinski definition) is 1. The fourth-order valence-corrected chi connectivity index (χ4v) is 1.53. The van der Waals surface area contributed by atoms with Crippen LogP contribution in [0.3, 0.4) is 0 Å². The van der Waals surface area contributed by atoms with Crippen LogP contribution < -0.4 is 5.73 Å². The molecule has 0 aliphatic heterocycles. The second kappa shape index (κ2) is 5.02. The van der Waals surface area contributed by atoms with Gasteiger partial charge in [-0.25, -0.2) is 0 Å². The van der Waals surface area contributed by atoms with E-state index in [2.05, 4.69) is 0 Å². The molecule has 1 aliphatic rings. The van der Waals surface area contributed by atoms with Crippen LogP contribution in [-0.4, -0.2) is 34.0 Å². The summed E-state index contributed by atoms with van der Waals surface area (Å²) in [6.07, 6.45) is 2.59. The van der Waals surface area contributed by atoms with Crippen molar-refractivity contribution in [2.75, 3.05) is 27.9 Å². The molecule has 14 heavy (non-hydrogen) atoms. The van der Waals surface area contributed by atoms with Gasteiger partial charge in [-0.05, 0) is 11.6 Å². The van der Waals surface area contributed by atoms with Crippen molar-refractivity contribution < 1.29 is 14.2 Å². The van der Waals surface area contributed by atoms with Gasteiger partial charge in [0.2, 0.25) is 0 Å². The molecule has 1 rings (SSSR count). The molecule has 4 nitrogen and oxygen atoms in total. The van der Waals surface area contributed by atoms with Crippen LogP contribution in [-0.2, 0) is 14.2 Å². The van der Waals surface area contributed by atoms with Crippen LogP contribution in [0.2, 0.25) is 0 Å². The Bertz CT molecular complexity index is 258. The van der Waals surface area contributed by atoms with Gasteiger partial charge in [0.15, 0.2) is 11.5 Å². The molecule has 0 spiro atoms. The highest BCUT2D eigenvalue weighted by molar-refractivity contribution is 5.30. The van der Waals surface area contributed by atoms with E-state index in [4.69, 9.17) is 19.9 Å². The van der Waals surface area contributed by atoms with Gasteiger partial charge in [0, 0.05) is 20.1 Å². The van der Waals surface area contributed by atoms with Gasteiger partial charge < -0.3 is 19.9 Å². The first-order valence-electron chi connectivity index (χ1n) is 4.51. The summed E-state index contributed by atoms with van der Waals surface area (Å²) in [6, 6.07) is 0. The van der Waals surface area contributed by atoms with Gasteiger partial charge in [-0.2, -0.15) is 0 Å². The van der Waals surface area contributed by atoms with Crippen molar-refractivity contribution in [1.29, 1.82) is 0 Å². The maximum Gasteiger partial charge on any atom is 0.166 e. The van der Waals surface area contributed by atoms with E-state index < -0.39 is 0 Å². The molecule has 0 radical (unpaired) electrons. The predicted molar refractivity (Wildman–Crippen MR) is 53.6 cm³/mol. The molecule has 80 valence electrons. The molecule has 0 saturated carbocycles. The summed E-state index contributed by atoms with van der Waals surface area (Å²) in [5.41, 5.74) is 6.69. The standard InChI is InChI=1S/C10H17NO3/c1-12-8-4-7(6-11)5-9(13-2)10(8)14-3/h4,9H,5-6,11H2,1-3H3. The minimum absolute atomic E-state index is 0.0847. The van der Waals surface area contributed by atoms with E-state index in [9.17, 15) is 0 Å². The van der Waals surface area contributed by atoms with Gasteiger partial charge in [0.1, 0.15) is 6.10 Å². The number of allylic oxidation sites excluding steroid dienone is 1. The summed E-state index contributed by atoms with van der Waals surface area (Å²) in [5, 5.41) is 0. The van der Waals surface area contributed by atoms with Crippen molar-refractivity contribution >= 4 is 0 Å². The van der Waals surface area contributed by atoms with Crippen molar-refractivity contribution in [3.63, 3.8) is 0 Å². The Morgan fingerprint density at radius 2 is 2.07 bits per heavy atom. The average molecular weight is 199 g/mol. The van der Waals surface area contributed by atoms with Crippen molar-refractivity contribution in [3.05, 3.63) is 23.2 Å². The largest absolute Gasteiger partial charge is 0.494 e. The fraction of sp³-hybridized carbons (Fsp3) is 0.600. The van der Waals surface area contributed by atoms with Crippen LogP contribution in [0.5, 0.6) is 0 Å². The van der Waals surface area contributed by atoms with Crippen LogP contribution in [0, 0.1) is 0 Å². The molecule has 0 heterocycles. The second-order valence-corrected chi connectivity index (χ2v) is 3.07. The zero-order chi connectivity index (χ0) is 10.6. The summed E-state index contributed by atoms with van der Waals surface area (Å²) < 4.78 is 15.7. The first-order chi connectivity index (χ1) is 6.76. The predicted octanol–water partition coefficient (Wildman–Crippen LogP) is 0.795.